The zero-order chi connectivity index (χ0) is 13.0. The molecule has 2 rings (SSSR count). The Bertz CT molecular complexity index is 419. The largest absolute Gasteiger partial charge is 0.342 e. The van der Waals surface area contributed by atoms with Crippen LogP contribution in [0.25, 0.3) is 0 Å². The number of carbonyl (C=O) groups excluding carboxylic acids is 1. The highest BCUT2D eigenvalue weighted by Gasteiger charge is 2.27. The van der Waals surface area contributed by atoms with Crippen molar-refractivity contribution in [3.63, 3.8) is 0 Å². The second-order valence-corrected chi connectivity index (χ2v) is 5.61. The second-order valence-electron chi connectivity index (χ2n) is 4.82. The maximum absolute atomic E-state index is 12.4. The molecule has 0 heterocycles. The van der Waals surface area contributed by atoms with Crippen LogP contribution in [0.2, 0.25) is 0 Å². The highest BCUT2D eigenvalue weighted by atomic mass is 79.9. The summed E-state index contributed by atoms with van der Waals surface area (Å²) in [6, 6.07) is 8.51. The van der Waals surface area contributed by atoms with E-state index in [0.29, 0.717) is 5.91 Å². The van der Waals surface area contributed by atoms with E-state index in [1.165, 1.54) is 11.1 Å². The summed E-state index contributed by atoms with van der Waals surface area (Å²) < 4.78 is 0. The Morgan fingerprint density at radius 3 is 2.78 bits per heavy atom. The van der Waals surface area contributed by atoms with Crippen LogP contribution in [0.4, 0.5) is 0 Å². The van der Waals surface area contributed by atoms with E-state index in [-0.39, 0.29) is 5.92 Å². The van der Waals surface area contributed by atoms with Crippen molar-refractivity contribution in [2.75, 3.05) is 18.4 Å². The summed E-state index contributed by atoms with van der Waals surface area (Å²) in [7, 11) is 0. The van der Waals surface area contributed by atoms with Gasteiger partial charge in [-0.25, -0.2) is 0 Å². The fraction of sp³-hybridized carbons (Fsp3) is 0.533. The quantitative estimate of drug-likeness (QED) is 0.783. The molecule has 0 fully saturated rings. The molecule has 1 amide bonds. The first-order valence-corrected chi connectivity index (χ1v) is 7.80. The van der Waals surface area contributed by atoms with Crippen LogP contribution in [0.5, 0.6) is 0 Å². The molecule has 1 aliphatic carbocycles. The molecule has 0 aliphatic heterocycles. The zero-order valence-corrected chi connectivity index (χ0v) is 12.4. The summed E-state index contributed by atoms with van der Waals surface area (Å²) in [5, 5.41) is 0.857. The molecular formula is C15H20BrNO. The maximum atomic E-state index is 12.4. The summed E-state index contributed by atoms with van der Waals surface area (Å²) in [4.78, 5) is 14.4. The normalized spacial score (nSPS) is 18.2. The minimum absolute atomic E-state index is 0.180. The maximum Gasteiger partial charge on any atom is 0.226 e. The molecule has 0 radical (unpaired) electrons. The third-order valence-electron chi connectivity index (χ3n) is 3.74. The minimum atomic E-state index is 0.180. The Balaban J connectivity index is 2.06. The van der Waals surface area contributed by atoms with Gasteiger partial charge in [0.15, 0.2) is 0 Å². The Labute approximate surface area is 117 Å². The minimum Gasteiger partial charge on any atom is -0.342 e. The smallest absolute Gasteiger partial charge is 0.226 e. The van der Waals surface area contributed by atoms with E-state index in [4.69, 9.17) is 0 Å². The highest BCUT2D eigenvalue weighted by Crippen LogP contribution is 2.26. The number of aryl methyl sites for hydroxylation is 1. The Morgan fingerprint density at radius 1 is 1.39 bits per heavy atom. The predicted molar refractivity (Wildman–Crippen MR) is 78.0 cm³/mol. The van der Waals surface area contributed by atoms with E-state index in [2.05, 4.69) is 47.1 Å². The number of hydrogen-bond donors (Lipinski definition) is 0. The molecule has 1 aromatic carbocycles. The van der Waals surface area contributed by atoms with Crippen molar-refractivity contribution in [2.45, 2.75) is 26.2 Å². The molecular weight excluding hydrogens is 290 g/mol. The van der Waals surface area contributed by atoms with Crippen LogP contribution in [-0.4, -0.2) is 29.2 Å². The van der Waals surface area contributed by atoms with Gasteiger partial charge in [-0.05, 0) is 37.3 Å². The molecule has 1 aromatic rings. The second kappa shape index (κ2) is 6.37. The van der Waals surface area contributed by atoms with E-state index in [0.717, 1.165) is 37.7 Å². The lowest BCUT2D eigenvalue weighted by Crippen LogP contribution is -2.39. The molecule has 1 atom stereocenters. The fourth-order valence-corrected chi connectivity index (χ4v) is 3.12. The third-order valence-corrected chi connectivity index (χ3v) is 4.10. The molecule has 0 bridgehead atoms. The van der Waals surface area contributed by atoms with Crippen molar-refractivity contribution in [3.05, 3.63) is 35.4 Å². The molecule has 1 aliphatic rings. The lowest BCUT2D eigenvalue weighted by atomic mass is 9.83. The summed E-state index contributed by atoms with van der Waals surface area (Å²) in [6.45, 7) is 3.67. The summed E-state index contributed by atoms with van der Waals surface area (Å²) >= 11 is 3.42. The number of alkyl halides is 1. The van der Waals surface area contributed by atoms with Gasteiger partial charge in [0, 0.05) is 24.3 Å². The zero-order valence-electron chi connectivity index (χ0n) is 10.9. The van der Waals surface area contributed by atoms with Gasteiger partial charge in [0.2, 0.25) is 5.91 Å². The molecule has 98 valence electrons. The molecule has 18 heavy (non-hydrogen) atoms. The Hall–Kier alpha value is -0.830. The number of hydrogen-bond acceptors (Lipinski definition) is 1. The molecule has 0 saturated heterocycles. The third kappa shape index (κ3) is 2.94. The van der Waals surface area contributed by atoms with Gasteiger partial charge >= 0.3 is 0 Å². The van der Waals surface area contributed by atoms with Gasteiger partial charge in [0.1, 0.15) is 0 Å². The molecule has 0 aromatic heterocycles. The number of fused-ring (bicyclic) bond motifs is 1. The lowest BCUT2D eigenvalue weighted by molar-refractivity contribution is -0.135. The van der Waals surface area contributed by atoms with E-state index in [1.807, 2.05) is 4.90 Å². The van der Waals surface area contributed by atoms with Crippen LogP contribution >= 0.6 is 15.9 Å². The van der Waals surface area contributed by atoms with Gasteiger partial charge in [-0.2, -0.15) is 0 Å². The van der Waals surface area contributed by atoms with Crippen molar-refractivity contribution in [3.8, 4) is 0 Å². The van der Waals surface area contributed by atoms with Crippen molar-refractivity contribution in [1.29, 1.82) is 0 Å². The average molecular weight is 310 g/mol. The SMILES string of the molecule is CCN(CCBr)C(=O)C1CCc2ccccc2C1. The highest BCUT2D eigenvalue weighted by molar-refractivity contribution is 9.09. The molecule has 3 heteroatoms. The van der Waals surface area contributed by atoms with Crippen LogP contribution in [-0.2, 0) is 17.6 Å². The van der Waals surface area contributed by atoms with Crippen molar-refractivity contribution >= 4 is 21.8 Å². The van der Waals surface area contributed by atoms with Gasteiger partial charge in [-0.1, -0.05) is 40.2 Å². The Morgan fingerprint density at radius 2 is 2.11 bits per heavy atom. The van der Waals surface area contributed by atoms with Crippen LogP contribution in [0.15, 0.2) is 24.3 Å². The summed E-state index contributed by atoms with van der Waals surface area (Å²) in [5.41, 5.74) is 2.78. The number of amides is 1. The monoisotopic (exact) mass is 309 g/mol. The first-order valence-electron chi connectivity index (χ1n) is 6.67. The summed E-state index contributed by atoms with van der Waals surface area (Å²) in [5.74, 6) is 0.505. The topological polar surface area (TPSA) is 20.3 Å². The standard InChI is InChI=1S/C15H20BrNO/c1-2-17(10-9-16)15(18)14-8-7-12-5-3-4-6-13(12)11-14/h3-6,14H,2,7-11H2,1H3. The lowest BCUT2D eigenvalue weighted by Gasteiger charge is -2.29. The van der Waals surface area contributed by atoms with Crippen molar-refractivity contribution in [2.24, 2.45) is 5.92 Å². The molecule has 1 unspecified atom stereocenters. The first kappa shape index (κ1) is 13.6. The van der Waals surface area contributed by atoms with Gasteiger partial charge in [0.05, 0.1) is 0 Å². The number of halogens is 1. The van der Waals surface area contributed by atoms with Crippen LogP contribution in [0.1, 0.15) is 24.5 Å². The number of carbonyl (C=O) groups is 1. The molecule has 2 nitrogen and oxygen atoms in total. The average Bonchev–Trinajstić information content (AvgIpc) is 2.43. The molecule has 0 saturated carbocycles. The van der Waals surface area contributed by atoms with Gasteiger partial charge < -0.3 is 4.90 Å². The van der Waals surface area contributed by atoms with Crippen LogP contribution < -0.4 is 0 Å². The van der Waals surface area contributed by atoms with E-state index in [9.17, 15) is 4.79 Å². The van der Waals surface area contributed by atoms with Gasteiger partial charge in [-0.15, -0.1) is 0 Å². The summed E-state index contributed by atoms with van der Waals surface area (Å²) in [6.07, 6.45) is 2.95. The van der Waals surface area contributed by atoms with E-state index < -0.39 is 0 Å². The van der Waals surface area contributed by atoms with E-state index >= 15 is 0 Å². The van der Waals surface area contributed by atoms with Crippen molar-refractivity contribution in [1.82, 2.24) is 4.90 Å². The van der Waals surface area contributed by atoms with Crippen LogP contribution in [0, 0.1) is 5.92 Å². The predicted octanol–water partition coefficient (Wildman–Crippen LogP) is 3.03. The van der Waals surface area contributed by atoms with Crippen LogP contribution in [0.3, 0.4) is 0 Å². The first-order chi connectivity index (χ1) is 8.76. The Kier molecular flexibility index (Phi) is 4.81. The van der Waals surface area contributed by atoms with Gasteiger partial charge in [-0.3, -0.25) is 4.79 Å². The van der Waals surface area contributed by atoms with Crippen molar-refractivity contribution < 1.29 is 4.79 Å². The fourth-order valence-electron chi connectivity index (χ4n) is 2.69. The van der Waals surface area contributed by atoms with Gasteiger partial charge in [0.25, 0.3) is 0 Å². The molecule has 0 N–H and O–H groups in total. The molecule has 0 spiro atoms. The number of nitrogens with zero attached hydrogens (tertiary/aromatic N) is 1. The number of benzene rings is 1. The number of rotatable bonds is 4. The van der Waals surface area contributed by atoms with E-state index in [1.54, 1.807) is 0 Å².